The van der Waals surface area contributed by atoms with Crippen LogP contribution in [0.25, 0.3) is 0 Å². The minimum absolute atomic E-state index is 0.299. The predicted octanol–water partition coefficient (Wildman–Crippen LogP) is 3.50. The molecule has 1 fully saturated rings. The van der Waals surface area contributed by atoms with Crippen molar-refractivity contribution in [3.63, 3.8) is 0 Å². The molecule has 0 unspecified atom stereocenters. The Labute approximate surface area is 115 Å². The summed E-state index contributed by atoms with van der Waals surface area (Å²) in [6.45, 7) is 3.43. The van der Waals surface area contributed by atoms with E-state index in [2.05, 4.69) is 33.4 Å². The number of alkyl halides is 1. The van der Waals surface area contributed by atoms with Gasteiger partial charge in [-0.15, -0.1) is 11.3 Å². The van der Waals surface area contributed by atoms with Gasteiger partial charge in [0.15, 0.2) is 0 Å². The summed E-state index contributed by atoms with van der Waals surface area (Å²) in [6, 6.07) is 4.27. The highest BCUT2D eigenvalue weighted by Crippen LogP contribution is 2.32. The van der Waals surface area contributed by atoms with Crippen molar-refractivity contribution >= 4 is 27.3 Å². The number of halogens is 1. The van der Waals surface area contributed by atoms with E-state index in [1.54, 1.807) is 11.3 Å². The molecule has 0 amide bonds. The second-order valence-corrected chi connectivity index (χ2v) is 6.22. The topological polar surface area (TPSA) is 18.5 Å². The van der Waals surface area contributed by atoms with Crippen molar-refractivity contribution in [1.29, 1.82) is 0 Å². The smallest absolute Gasteiger partial charge is 0.0532 e. The summed E-state index contributed by atoms with van der Waals surface area (Å²) < 4.78 is 11.3. The van der Waals surface area contributed by atoms with Gasteiger partial charge < -0.3 is 9.47 Å². The standard InChI is InChI=1S/C13H19BrO2S/c14-10-13(4-7-15-8-5-13)11-16-6-3-12-2-1-9-17-12/h1-2,9H,3-8,10-11H2. The lowest BCUT2D eigenvalue weighted by Crippen LogP contribution is -2.35. The Kier molecular flexibility index (Phi) is 5.48. The first-order chi connectivity index (χ1) is 8.35. The highest BCUT2D eigenvalue weighted by atomic mass is 79.9. The Bertz CT molecular complexity index is 307. The van der Waals surface area contributed by atoms with Crippen molar-refractivity contribution in [2.24, 2.45) is 5.41 Å². The van der Waals surface area contributed by atoms with Crippen molar-refractivity contribution in [3.8, 4) is 0 Å². The Balaban J connectivity index is 1.69. The maximum atomic E-state index is 5.86. The molecule has 1 saturated heterocycles. The van der Waals surface area contributed by atoms with Crippen LogP contribution in [-0.2, 0) is 15.9 Å². The second kappa shape index (κ2) is 6.88. The fourth-order valence-corrected chi connectivity index (χ4v) is 3.45. The lowest BCUT2D eigenvalue weighted by molar-refractivity contribution is -0.0259. The first kappa shape index (κ1) is 13.5. The third kappa shape index (κ3) is 4.05. The molecule has 96 valence electrons. The van der Waals surface area contributed by atoms with E-state index < -0.39 is 0 Å². The number of thiophene rings is 1. The van der Waals surface area contributed by atoms with E-state index in [-0.39, 0.29) is 0 Å². The van der Waals surface area contributed by atoms with E-state index in [9.17, 15) is 0 Å². The van der Waals surface area contributed by atoms with Gasteiger partial charge in [-0.25, -0.2) is 0 Å². The van der Waals surface area contributed by atoms with E-state index in [1.165, 1.54) is 4.88 Å². The first-order valence-corrected chi connectivity index (χ1v) is 8.09. The van der Waals surface area contributed by atoms with Gasteiger partial charge in [0.1, 0.15) is 0 Å². The van der Waals surface area contributed by atoms with Crippen LogP contribution < -0.4 is 0 Å². The van der Waals surface area contributed by atoms with E-state index in [4.69, 9.17) is 9.47 Å². The van der Waals surface area contributed by atoms with Crippen LogP contribution in [0.1, 0.15) is 17.7 Å². The second-order valence-electron chi connectivity index (χ2n) is 4.63. The molecule has 2 rings (SSSR count). The van der Waals surface area contributed by atoms with Crippen molar-refractivity contribution < 1.29 is 9.47 Å². The maximum Gasteiger partial charge on any atom is 0.0532 e. The van der Waals surface area contributed by atoms with Crippen LogP contribution >= 0.6 is 27.3 Å². The average molecular weight is 319 g/mol. The molecule has 0 aliphatic carbocycles. The minimum Gasteiger partial charge on any atom is -0.381 e. The van der Waals surface area contributed by atoms with Gasteiger partial charge in [-0.2, -0.15) is 0 Å². The van der Waals surface area contributed by atoms with Crippen molar-refractivity contribution in [2.75, 3.05) is 31.8 Å². The molecule has 0 atom stereocenters. The Hall–Kier alpha value is 0.100. The molecule has 0 spiro atoms. The van der Waals surface area contributed by atoms with Crippen LogP contribution in [0.4, 0.5) is 0 Å². The molecule has 0 aromatic carbocycles. The number of hydrogen-bond acceptors (Lipinski definition) is 3. The zero-order chi connectivity index (χ0) is 12.0. The molecule has 4 heteroatoms. The summed E-state index contributed by atoms with van der Waals surface area (Å²) in [6.07, 6.45) is 3.25. The van der Waals surface area contributed by atoms with Crippen molar-refractivity contribution in [3.05, 3.63) is 22.4 Å². The van der Waals surface area contributed by atoms with Crippen LogP contribution in [0.5, 0.6) is 0 Å². The van der Waals surface area contributed by atoms with Crippen molar-refractivity contribution in [1.82, 2.24) is 0 Å². The highest BCUT2D eigenvalue weighted by molar-refractivity contribution is 9.09. The lowest BCUT2D eigenvalue weighted by atomic mass is 9.83. The average Bonchev–Trinajstić information content (AvgIpc) is 2.89. The number of ether oxygens (including phenoxy) is 2. The summed E-state index contributed by atoms with van der Waals surface area (Å²) >= 11 is 5.43. The molecule has 0 saturated carbocycles. The van der Waals surface area contributed by atoms with Crippen LogP contribution in [-0.4, -0.2) is 31.8 Å². The molecule has 0 radical (unpaired) electrons. The fourth-order valence-electron chi connectivity index (χ4n) is 2.04. The summed E-state index contributed by atoms with van der Waals surface area (Å²) in [4.78, 5) is 1.41. The normalized spacial score (nSPS) is 19.4. The van der Waals surface area contributed by atoms with Gasteiger partial charge in [0.25, 0.3) is 0 Å². The Morgan fingerprint density at radius 3 is 2.88 bits per heavy atom. The van der Waals surface area contributed by atoms with Crippen LogP contribution in [0.15, 0.2) is 17.5 Å². The highest BCUT2D eigenvalue weighted by Gasteiger charge is 2.31. The minimum atomic E-state index is 0.299. The van der Waals surface area contributed by atoms with E-state index in [1.807, 2.05) is 0 Å². The summed E-state index contributed by atoms with van der Waals surface area (Å²) in [5.41, 5.74) is 0.299. The molecule has 1 aromatic heterocycles. The van der Waals surface area contributed by atoms with E-state index >= 15 is 0 Å². The maximum absolute atomic E-state index is 5.86. The van der Waals surface area contributed by atoms with Gasteiger partial charge in [0.2, 0.25) is 0 Å². The Morgan fingerprint density at radius 2 is 2.24 bits per heavy atom. The largest absolute Gasteiger partial charge is 0.381 e. The molecular formula is C13H19BrO2S. The van der Waals surface area contributed by atoms with E-state index in [0.717, 1.165) is 51.0 Å². The number of hydrogen-bond donors (Lipinski definition) is 0. The lowest BCUT2D eigenvalue weighted by Gasteiger charge is -2.35. The summed E-state index contributed by atoms with van der Waals surface area (Å²) in [5, 5.41) is 3.14. The Morgan fingerprint density at radius 1 is 1.41 bits per heavy atom. The fraction of sp³-hybridized carbons (Fsp3) is 0.692. The summed E-state index contributed by atoms with van der Waals surface area (Å²) in [5.74, 6) is 0. The van der Waals surface area contributed by atoms with Crippen LogP contribution in [0.3, 0.4) is 0 Å². The van der Waals surface area contributed by atoms with Gasteiger partial charge in [-0.05, 0) is 24.3 Å². The number of rotatable bonds is 6. The van der Waals surface area contributed by atoms with E-state index in [0.29, 0.717) is 5.41 Å². The van der Waals surface area contributed by atoms with Gasteiger partial charge in [0.05, 0.1) is 13.2 Å². The molecule has 1 aliphatic heterocycles. The zero-order valence-electron chi connectivity index (χ0n) is 9.99. The quantitative estimate of drug-likeness (QED) is 0.590. The third-order valence-corrected chi connectivity index (χ3v) is 5.44. The van der Waals surface area contributed by atoms with Gasteiger partial charge in [-0.1, -0.05) is 22.0 Å². The monoisotopic (exact) mass is 318 g/mol. The van der Waals surface area contributed by atoms with Crippen LogP contribution in [0.2, 0.25) is 0 Å². The first-order valence-electron chi connectivity index (χ1n) is 6.08. The van der Waals surface area contributed by atoms with Gasteiger partial charge in [0, 0.05) is 35.3 Å². The molecule has 0 N–H and O–H groups in total. The zero-order valence-corrected chi connectivity index (χ0v) is 12.4. The molecule has 1 aliphatic rings. The SMILES string of the molecule is BrCC1(COCCc2cccs2)CCOCC1. The molecular weight excluding hydrogens is 300 g/mol. The molecule has 2 nitrogen and oxygen atoms in total. The predicted molar refractivity (Wildman–Crippen MR) is 75.1 cm³/mol. The summed E-state index contributed by atoms with van der Waals surface area (Å²) in [7, 11) is 0. The molecule has 17 heavy (non-hydrogen) atoms. The molecule has 1 aromatic rings. The third-order valence-electron chi connectivity index (χ3n) is 3.32. The van der Waals surface area contributed by atoms with Crippen LogP contribution in [0, 0.1) is 5.41 Å². The van der Waals surface area contributed by atoms with Crippen molar-refractivity contribution in [2.45, 2.75) is 19.3 Å². The molecule has 0 bridgehead atoms. The van der Waals surface area contributed by atoms with Gasteiger partial charge in [-0.3, -0.25) is 0 Å². The van der Waals surface area contributed by atoms with Gasteiger partial charge >= 0.3 is 0 Å². The molecule has 2 heterocycles.